The number of hydrogen-bond donors (Lipinski definition) is 2. The predicted molar refractivity (Wildman–Crippen MR) is 96.8 cm³/mol. The van der Waals surface area contributed by atoms with Gasteiger partial charge in [0.05, 0.1) is 0 Å². The largest absolute Gasteiger partial charge is 0.385 e. The summed E-state index contributed by atoms with van der Waals surface area (Å²) >= 11 is 0. The Bertz CT molecular complexity index is 276. The minimum atomic E-state index is 0. The summed E-state index contributed by atoms with van der Waals surface area (Å²) in [6.45, 7) is 7.02. The molecule has 0 atom stereocenters. The molecule has 1 fully saturated rings. The molecule has 0 bridgehead atoms. The Morgan fingerprint density at radius 2 is 2.00 bits per heavy atom. The molecule has 0 radical (unpaired) electrons. The first-order valence-corrected chi connectivity index (χ1v) is 7.61. The molecule has 5 heteroatoms. The van der Waals surface area contributed by atoms with E-state index in [4.69, 9.17) is 10.5 Å². The van der Waals surface area contributed by atoms with Gasteiger partial charge in [-0.15, -0.1) is 24.0 Å². The molecule has 1 rings (SSSR count). The first-order chi connectivity index (χ1) is 9.08. The minimum Gasteiger partial charge on any atom is -0.385 e. The van der Waals surface area contributed by atoms with Crippen molar-refractivity contribution in [1.82, 2.24) is 5.32 Å². The molecule has 0 aromatic rings. The van der Waals surface area contributed by atoms with E-state index in [1.165, 1.54) is 25.7 Å². The van der Waals surface area contributed by atoms with Gasteiger partial charge in [0.1, 0.15) is 0 Å². The van der Waals surface area contributed by atoms with Gasteiger partial charge in [0.15, 0.2) is 5.96 Å². The van der Waals surface area contributed by atoms with Crippen molar-refractivity contribution in [3.63, 3.8) is 0 Å². The number of nitrogens with zero attached hydrogens (tertiary/aromatic N) is 1. The zero-order valence-electron chi connectivity index (χ0n) is 13.3. The Kier molecular flexibility index (Phi) is 10.6. The SMILES string of the molecule is COCCC1(CN=C(N)NCCC(C)C)CCCC1.I. The Morgan fingerprint density at radius 1 is 1.35 bits per heavy atom. The Hall–Kier alpha value is -0.0400. The van der Waals surface area contributed by atoms with Gasteiger partial charge in [0.2, 0.25) is 0 Å². The van der Waals surface area contributed by atoms with E-state index in [-0.39, 0.29) is 24.0 Å². The van der Waals surface area contributed by atoms with Crippen molar-refractivity contribution in [3.05, 3.63) is 0 Å². The van der Waals surface area contributed by atoms with E-state index in [9.17, 15) is 0 Å². The van der Waals surface area contributed by atoms with Crippen molar-refractivity contribution in [1.29, 1.82) is 0 Å². The first kappa shape index (κ1) is 20.0. The Morgan fingerprint density at radius 3 is 2.55 bits per heavy atom. The van der Waals surface area contributed by atoms with Gasteiger partial charge in [-0.2, -0.15) is 0 Å². The van der Waals surface area contributed by atoms with Crippen LogP contribution in [-0.2, 0) is 4.74 Å². The second-order valence-electron chi connectivity index (χ2n) is 6.26. The molecule has 20 heavy (non-hydrogen) atoms. The highest BCUT2D eigenvalue weighted by Crippen LogP contribution is 2.41. The summed E-state index contributed by atoms with van der Waals surface area (Å²) in [5, 5.41) is 3.21. The van der Waals surface area contributed by atoms with Crippen LogP contribution in [0.15, 0.2) is 4.99 Å². The van der Waals surface area contributed by atoms with E-state index >= 15 is 0 Å². The molecule has 4 nitrogen and oxygen atoms in total. The standard InChI is InChI=1S/C15H31N3O.HI/c1-13(2)6-10-17-14(16)18-12-15(9-11-19-3)7-4-5-8-15;/h13H,4-12H2,1-3H3,(H3,16,17,18);1H. The fourth-order valence-electron chi connectivity index (χ4n) is 2.73. The van der Waals surface area contributed by atoms with Gasteiger partial charge < -0.3 is 15.8 Å². The molecule has 0 amide bonds. The molecule has 0 spiro atoms. The maximum absolute atomic E-state index is 5.93. The van der Waals surface area contributed by atoms with Crippen molar-refractivity contribution in [2.45, 2.75) is 52.4 Å². The number of rotatable bonds is 8. The molecular weight excluding hydrogens is 365 g/mol. The Balaban J connectivity index is 0.00000361. The second kappa shape index (κ2) is 10.7. The van der Waals surface area contributed by atoms with Crippen molar-refractivity contribution in [3.8, 4) is 0 Å². The van der Waals surface area contributed by atoms with E-state index in [2.05, 4.69) is 24.2 Å². The smallest absolute Gasteiger partial charge is 0.188 e. The zero-order chi connectivity index (χ0) is 14.1. The molecule has 1 saturated carbocycles. The van der Waals surface area contributed by atoms with Crippen molar-refractivity contribution in [2.75, 3.05) is 26.8 Å². The Labute approximate surface area is 141 Å². The highest BCUT2D eigenvalue weighted by atomic mass is 127. The van der Waals surface area contributed by atoms with Gasteiger partial charge in [0, 0.05) is 26.8 Å². The van der Waals surface area contributed by atoms with Crippen LogP contribution in [0.4, 0.5) is 0 Å². The molecule has 0 aromatic heterocycles. The summed E-state index contributed by atoms with van der Waals surface area (Å²) < 4.78 is 5.23. The lowest BCUT2D eigenvalue weighted by Crippen LogP contribution is -2.34. The molecule has 1 aliphatic carbocycles. The number of nitrogens with one attached hydrogen (secondary N) is 1. The van der Waals surface area contributed by atoms with Crippen LogP contribution < -0.4 is 11.1 Å². The van der Waals surface area contributed by atoms with Crippen LogP contribution in [0.2, 0.25) is 0 Å². The molecular formula is C15H32IN3O. The third-order valence-electron chi connectivity index (χ3n) is 4.11. The number of methoxy groups -OCH3 is 1. The summed E-state index contributed by atoms with van der Waals surface area (Å²) in [5.41, 5.74) is 6.27. The lowest BCUT2D eigenvalue weighted by molar-refractivity contribution is 0.141. The number of nitrogens with two attached hydrogens (primary N) is 1. The number of halogens is 1. The van der Waals surface area contributed by atoms with Crippen molar-refractivity contribution >= 4 is 29.9 Å². The van der Waals surface area contributed by atoms with Gasteiger partial charge in [0.25, 0.3) is 0 Å². The molecule has 0 unspecified atom stereocenters. The summed E-state index contributed by atoms with van der Waals surface area (Å²) in [6, 6.07) is 0. The number of aliphatic imine (C=N–C) groups is 1. The highest BCUT2D eigenvalue weighted by Gasteiger charge is 2.33. The van der Waals surface area contributed by atoms with Crippen molar-refractivity contribution in [2.24, 2.45) is 22.1 Å². The van der Waals surface area contributed by atoms with Crippen LogP contribution in [0.5, 0.6) is 0 Å². The van der Waals surface area contributed by atoms with Gasteiger partial charge >= 0.3 is 0 Å². The maximum atomic E-state index is 5.93. The van der Waals surface area contributed by atoms with Gasteiger partial charge in [-0.1, -0.05) is 26.7 Å². The van der Waals surface area contributed by atoms with E-state index in [0.717, 1.165) is 32.5 Å². The van der Waals surface area contributed by atoms with Crippen molar-refractivity contribution < 1.29 is 4.74 Å². The zero-order valence-corrected chi connectivity index (χ0v) is 15.6. The molecule has 1 aliphatic rings. The van der Waals surface area contributed by atoms with E-state index in [1.807, 2.05) is 0 Å². The summed E-state index contributed by atoms with van der Waals surface area (Å²) in [5.74, 6) is 1.30. The van der Waals surface area contributed by atoms with E-state index < -0.39 is 0 Å². The van der Waals surface area contributed by atoms with Crippen LogP contribution in [0.25, 0.3) is 0 Å². The van der Waals surface area contributed by atoms with Crippen LogP contribution in [0.1, 0.15) is 52.4 Å². The first-order valence-electron chi connectivity index (χ1n) is 7.61. The highest BCUT2D eigenvalue weighted by molar-refractivity contribution is 14.0. The topological polar surface area (TPSA) is 59.6 Å². The monoisotopic (exact) mass is 397 g/mol. The quantitative estimate of drug-likeness (QED) is 0.376. The average molecular weight is 397 g/mol. The van der Waals surface area contributed by atoms with Gasteiger partial charge in [-0.25, -0.2) is 0 Å². The summed E-state index contributed by atoms with van der Waals surface area (Å²) in [7, 11) is 1.77. The van der Waals surface area contributed by atoms with E-state index in [0.29, 0.717) is 17.3 Å². The summed E-state index contributed by atoms with van der Waals surface area (Å²) in [6.07, 6.45) is 7.40. The molecule has 0 heterocycles. The normalized spacial score (nSPS) is 18.1. The third kappa shape index (κ3) is 7.67. The molecule has 0 saturated heterocycles. The fraction of sp³-hybridized carbons (Fsp3) is 0.933. The molecule has 0 aromatic carbocycles. The second-order valence-corrected chi connectivity index (χ2v) is 6.26. The van der Waals surface area contributed by atoms with Gasteiger partial charge in [-0.3, -0.25) is 4.99 Å². The number of guanidine groups is 1. The minimum absolute atomic E-state index is 0. The van der Waals surface area contributed by atoms with Gasteiger partial charge in [-0.05, 0) is 37.0 Å². The van der Waals surface area contributed by atoms with E-state index in [1.54, 1.807) is 7.11 Å². The lowest BCUT2D eigenvalue weighted by atomic mass is 9.83. The number of ether oxygens (including phenoxy) is 1. The molecule has 3 N–H and O–H groups in total. The summed E-state index contributed by atoms with van der Waals surface area (Å²) in [4.78, 5) is 4.56. The fourth-order valence-corrected chi connectivity index (χ4v) is 2.73. The predicted octanol–water partition coefficient (Wildman–Crippen LogP) is 3.15. The van der Waals surface area contributed by atoms with Crippen LogP contribution in [0.3, 0.4) is 0 Å². The number of hydrogen-bond acceptors (Lipinski definition) is 2. The maximum Gasteiger partial charge on any atom is 0.188 e. The molecule has 0 aliphatic heterocycles. The molecule has 120 valence electrons. The third-order valence-corrected chi connectivity index (χ3v) is 4.11. The average Bonchev–Trinajstić information content (AvgIpc) is 2.83. The van der Waals surface area contributed by atoms with Crippen LogP contribution in [0, 0.1) is 11.3 Å². The lowest BCUT2D eigenvalue weighted by Gasteiger charge is -2.26. The van der Waals surface area contributed by atoms with Crippen LogP contribution >= 0.6 is 24.0 Å². The van der Waals surface area contributed by atoms with Crippen LogP contribution in [-0.4, -0.2) is 32.8 Å².